The maximum Gasteiger partial charge on any atom is 0.277 e. The van der Waals surface area contributed by atoms with Crippen LogP contribution in [0.4, 0.5) is 10.1 Å². The zero-order chi connectivity index (χ0) is 13.8. The van der Waals surface area contributed by atoms with Gasteiger partial charge in [-0.15, -0.1) is 0 Å². The van der Waals surface area contributed by atoms with E-state index in [0.717, 1.165) is 0 Å². The van der Waals surface area contributed by atoms with Crippen LogP contribution in [0.25, 0.3) is 0 Å². The smallest absolute Gasteiger partial charge is 0.277 e. The molecule has 5 nitrogen and oxygen atoms in total. The van der Waals surface area contributed by atoms with E-state index >= 15 is 0 Å². The lowest BCUT2D eigenvalue weighted by atomic mass is 10.3. The van der Waals surface area contributed by atoms with Gasteiger partial charge in [0.25, 0.3) is 5.91 Å². The van der Waals surface area contributed by atoms with Crippen molar-refractivity contribution in [3.8, 4) is 0 Å². The molecular weight excluding hydrogens is 249 g/mol. The second-order valence-electron chi connectivity index (χ2n) is 4.38. The summed E-state index contributed by atoms with van der Waals surface area (Å²) in [5.41, 5.74) is 0.545. The molecule has 19 heavy (non-hydrogen) atoms. The lowest BCUT2D eigenvalue weighted by Gasteiger charge is -2.04. The van der Waals surface area contributed by atoms with Crippen LogP contribution in [0, 0.1) is 5.82 Å². The van der Waals surface area contributed by atoms with E-state index in [9.17, 15) is 9.18 Å². The highest BCUT2D eigenvalue weighted by Gasteiger charge is 2.13. The fraction of sp³-hybridized carbons (Fsp3) is 0.231. The van der Waals surface area contributed by atoms with Crippen molar-refractivity contribution in [1.82, 2.24) is 10.1 Å². The number of amides is 1. The second-order valence-corrected chi connectivity index (χ2v) is 4.38. The molecule has 0 aliphatic heterocycles. The third-order valence-electron chi connectivity index (χ3n) is 2.35. The Kier molecular flexibility index (Phi) is 3.91. The standard InChI is InChI=1S/C13H14FN3O2/c1-17(2)8-11-7-12(16-19-11)13(18)15-10-5-3-4-9(14)6-10/h3-7H,8H2,1-2H3,(H,15,18). The number of hydrogen-bond donors (Lipinski definition) is 1. The highest BCUT2D eigenvalue weighted by molar-refractivity contribution is 6.02. The normalized spacial score (nSPS) is 10.7. The van der Waals surface area contributed by atoms with Crippen LogP contribution < -0.4 is 5.32 Å². The quantitative estimate of drug-likeness (QED) is 0.918. The van der Waals surface area contributed by atoms with Gasteiger partial charge in [0.05, 0.1) is 6.54 Å². The molecule has 1 N–H and O–H groups in total. The summed E-state index contributed by atoms with van der Waals surface area (Å²) in [5, 5.41) is 6.23. The molecule has 1 amide bonds. The number of benzene rings is 1. The van der Waals surface area contributed by atoms with Crippen molar-refractivity contribution in [3.05, 3.63) is 47.6 Å². The minimum absolute atomic E-state index is 0.168. The maximum absolute atomic E-state index is 13.0. The Labute approximate surface area is 110 Å². The number of nitrogens with zero attached hydrogens (tertiary/aromatic N) is 2. The molecule has 0 bridgehead atoms. The molecule has 0 unspecified atom stereocenters. The molecule has 1 heterocycles. The first-order valence-electron chi connectivity index (χ1n) is 5.72. The molecule has 0 saturated heterocycles. The van der Waals surface area contributed by atoms with E-state index in [1.807, 2.05) is 19.0 Å². The Balaban J connectivity index is 2.05. The topological polar surface area (TPSA) is 58.4 Å². The summed E-state index contributed by atoms with van der Waals surface area (Å²) in [6.45, 7) is 0.556. The predicted molar refractivity (Wildman–Crippen MR) is 68.2 cm³/mol. The highest BCUT2D eigenvalue weighted by Crippen LogP contribution is 2.12. The van der Waals surface area contributed by atoms with E-state index in [0.29, 0.717) is 18.0 Å². The fourth-order valence-corrected chi connectivity index (χ4v) is 1.57. The number of rotatable bonds is 4. The highest BCUT2D eigenvalue weighted by atomic mass is 19.1. The van der Waals surface area contributed by atoms with E-state index in [4.69, 9.17) is 4.52 Å². The van der Waals surface area contributed by atoms with Crippen molar-refractivity contribution in [2.24, 2.45) is 0 Å². The van der Waals surface area contributed by atoms with E-state index < -0.39 is 11.7 Å². The monoisotopic (exact) mass is 263 g/mol. The van der Waals surface area contributed by atoms with Crippen LogP contribution in [0.3, 0.4) is 0 Å². The summed E-state index contributed by atoms with van der Waals surface area (Å²) in [4.78, 5) is 13.8. The van der Waals surface area contributed by atoms with E-state index in [-0.39, 0.29) is 5.69 Å². The number of aromatic nitrogens is 1. The first kappa shape index (κ1) is 13.2. The average molecular weight is 263 g/mol. The van der Waals surface area contributed by atoms with Gasteiger partial charge in [0.2, 0.25) is 0 Å². The van der Waals surface area contributed by atoms with Crippen LogP contribution in [0.15, 0.2) is 34.9 Å². The van der Waals surface area contributed by atoms with Crippen molar-refractivity contribution in [1.29, 1.82) is 0 Å². The van der Waals surface area contributed by atoms with E-state index in [1.165, 1.54) is 18.2 Å². The molecule has 100 valence electrons. The molecular formula is C13H14FN3O2. The Bertz CT molecular complexity index is 581. The van der Waals surface area contributed by atoms with Crippen molar-refractivity contribution >= 4 is 11.6 Å². The molecule has 0 saturated carbocycles. The number of carbonyl (C=O) groups excluding carboxylic acids is 1. The summed E-state index contributed by atoms with van der Waals surface area (Å²) in [5.74, 6) is -0.250. The van der Waals surface area contributed by atoms with Gasteiger partial charge in [-0.05, 0) is 32.3 Å². The third kappa shape index (κ3) is 3.62. The number of anilines is 1. The van der Waals surface area contributed by atoms with E-state index in [2.05, 4.69) is 10.5 Å². The number of halogens is 1. The van der Waals surface area contributed by atoms with Gasteiger partial charge < -0.3 is 14.7 Å². The molecule has 2 rings (SSSR count). The Morgan fingerprint density at radius 2 is 2.21 bits per heavy atom. The van der Waals surface area contributed by atoms with Gasteiger partial charge in [0, 0.05) is 11.8 Å². The van der Waals surface area contributed by atoms with Crippen molar-refractivity contribution < 1.29 is 13.7 Å². The fourth-order valence-electron chi connectivity index (χ4n) is 1.57. The van der Waals surface area contributed by atoms with Gasteiger partial charge in [-0.2, -0.15) is 0 Å². The average Bonchev–Trinajstić information content (AvgIpc) is 2.76. The third-order valence-corrected chi connectivity index (χ3v) is 2.35. The summed E-state index contributed by atoms with van der Waals surface area (Å²) < 4.78 is 18.0. The number of hydrogen-bond acceptors (Lipinski definition) is 4. The Morgan fingerprint density at radius 3 is 2.89 bits per heavy atom. The van der Waals surface area contributed by atoms with Gasteiger partial charge in [0.15, 0.2) is 11.5 Å². The summed E-state index contributed by atoms with van der Waals surface area (Å²) >= 11 is 0. The SMILES string of the molecule is CN(C)Cc1cc(C(=O)Nc2cccc(F)c2)no1. The Morgan fingerprint density at radius 1 is 1.42 bits per heavy atom. The van der Waals surface area contributed by atoms with Crippen molar-refractivity contribution in [2.45, 2.75) is 6.54 Å². The van der Waals surface area contributed by atoms with Crippen molar-refractivity contribution in [3.63, 3.8) is 0 Å². The van der Waals surface area contributed by atoms with Crippen LogP contribution in [0.1, 0.15) is 16.2 Å². The maximum atomic E-state index is 13.0. The van der Waals surface area contributed by atoms with Gasteiger partial charge in [-0.1, -0.05) is 11.2 Å². The van der Waals surface area contributed by atoms with Crippen molar-refractivity contribution in [2.75, 3.05) is 19.4 Å². The molecule has 1 aromatic carbocycles. The zero-order valence-electron chi connectivity index (χ0n) is 10.7. The molecule has 0 spiro atoms. The molecule has 0 fully saturated rings. The molecule has 0 atom stereocenters. The zero-order valence-corrected chi connectivity index (χ0v) is 10.7. The Hall–Kier alpha value is -2.21. The summed E-state index contributed by atoms with van der Waals surface area (Å²) in [7, 11) is 3.77. The summed E-state index contributed by atoms with van der Waals surface area (Å²) in [6.07, 6.45) is 0. The molecule has 0 radical (unpaired) electrons. The number of carbonyl (C=O) groups is 1. The van der Waals surface area contributed by atoms with Crippen LogP contribution >= 0.6 is 0 Å². The largest absolute Gasteiger partial charge is 0.359 e. The van der Waals surface area contributed by atoms with Gasteiger partial charge >= 0.3 is 0 Å². The predicted octanol–water partition coefficient (Wildman–Crippen LogP) is 2.13. The lowest BCUT2D eigenvalue weighted by Crippen LogP contribution is -2.12. The molecule has 0 aliphatic rings. The van der Waals surface area contributed by atoms with Crippen LogP contribution in [0.2, 0.25) is 0 Å². The van der Waals surface area contributed by atoms with E-state index in [1.54, 1.807) is 12.1 Å². The first-order chi connectivity index (χ1) is 9.04. The molecule has 1 aromatic heterocycles. The first-order valence-corrected chi connectivity index (χ1v) is 5.72. The molecule has 6 heteroatoms. The van der Waals surface area contributed by atoms with Crippen LogP contribution in [0.5, 0.6) is 0 Å². The van der Waals surface area contributed by atoms with Gasteiger partial charge in [-0.3, -0.25) is 4.79 Å². The number of nitrogens with one attached hydrogen (secondary N) is 1. The summed E-state index contributed by atoms with van der Waals surface area (Å²) in [6, 6.07) is 7.22. The van der Waals surface area contributed by atoms with Crippen LogP contribution in [-0.4, -0.2) is 30.1 Å². The van der Waals surface area contributed by atoms with Gasteiger partial charge in [-0.25, -0.2) is 4.39 Å². The van der Waals surface area contributed by atoms with Gasteiger partial charge in [0.1, 0.15) is 5.82 Å². The van der Waals surface area contributed by atoms with Crippen LogP contribution in [-0.2, 0) is 6.54 Å². The molecule has 0 aliphatic carbocycles. The second kappa shape index (κ2) is 5.62. The minimum Gasteiger partial charge on any atom is -0.359 e. The minimum atomic E-state index is -0.431. The lowest BCUT2D eigenvalue weighted by molar-refractivity contribution is 0.101. The molecule has 2 aromatic rings.